The number of carbonyl (C=O) groups is 3. The van der Waals surface area contributed by atoms with Crippen molar-refractivity contribution in [1.29, 1.82) is 0 Å². The highest BCUT2D eigenvalue weighted by atomic mass is 16.7. The molecule has 0 atom stereocenters. The van der Waals surface area contributed by atoms with Crippen LogP contribution in [0.25, 0.3) is 0 Å². The zero-order valence-corrected chi connectivity index (χ0v) is 15.4. The molecule has 2 heterocycles. The number of hydrogen-bond acceptors (Lipinski definition) is 6. The maximum atomic E-state index is 12.0. The third-order valence-corrected chi connectivity index (χ3v) is 5.05. The number of carbonyl (C=O) groups excluding carboxylic acids is 3. The second-order valence-electron chi connectivity index (χ2n) is 7.55. The van der Waals surface area contributed by atoms with Gasteiger partial charge >= 0.3 is 13.1 Å². The van der Waals surface area contributed by atoms with Gasteiger partial charge in [-0.25, -0.2) is 4.79 Å². The minimum atomic E-state index is -0.656. The zero-order chi connectivity index (χ0) is 19.1. The SMILES string of the molecule is CC1(C)OB(c2ccc(CC(=O)ON3C(=O)CCC3=O)cc2)OC1(C)C. The van der Waals surface area contributed by atoms with E-state index in [0.717, 1.165) is 5.46 Å². The molecule has 0 spiro atoms. The Hall–Kier alpha value is -2.19. The predicted octanol–water partition coefficient (Wildman–Crippen LogP) is 1.14. The molecule has 0 saturated carbocycles. The number of nitrogens with zero attached hydrogens (tertiary/aromatic N) is 1. The van der Waals surface area contributed by atoms with E-state index in [1.54, 1.807) is 12.1 Å². The lowest BCUT2D eigenvalue weighted by Gasteiger charge is -2.32. The molecule has 2 aliphatic rings. The van der Waals surface area contributed by atoms with Crippen molar-refractivity contribution in [2.45, 2.75) is 58.2 Å². The second-order valence-corrected chi connectivity index (χ2v) is 7.55. The fourth-order valence-corrected chi connectivity index (χ4v) is 2.73. The molecule has 2 fully saturated rings. The molecular weight excluding hydrogens is 337 g/mol. The first-order valence-corrected chi connectivity index (χ1v) is 8.60. The van der Waals surface area contributed by atoms with Gasteiger partial charge in [0.1, 0.15) is 0 Å². The van der Waals surface area contributed by atoms with Crippen molar-refractivity contribution in [2.75, 3.05) is 0 Å². The lowest BCUT2D eigenvalue weighted by molar-refractivity contribution is -0.197. The van der Waals surface area contributed by atoms with Crippen molar-refractivity contribution >= 4 is 30.4 Å². The van der Waals surface area contributed by atoms with Crippen molar-refractivity contribution in [3.63, 3.8) is 0 Å². The van der Waals surface area contributed by atoms with E-state index < -0.39 is 36.1 Å². The van der Waals surface area contributed by atoms with Crippen LogP contribution in [0, 0.1) is 0 Å². The third-order valence-electron chi connectivity index (χ3n) is 5.05. The standard InChI is InChI=1S/C18H22BNO6/c1-17(2)18(3,4)26-19(25-17)13-7-5-12(6-8-13)11-16(23)24-20-14(21)9-10-15(20)22/h5-8H,9-11H2,1-4H3. The molecule has 1 aromatic rings. The molecule has 0 aromatic heterocycles. The summed E-state index contributed by atoms with van der Waals surface area (Å²) in [6.45, 7) is 7.94. The molecule has 3 rings (SSSR count). The van der Waals surface area contributed by atoms with Crippen LogP contribution in [-0.2, 0) is 35.0 Å². The molecule has 2 saturated heterocycles. The molecule has 8 heteroatoms. The van der Waals surface area contributed by atoms with Crippen LogP contribution in [0.1, 0.15) is 46.1 Å². The van der Waals surface area contributed by atoms with Crippen LogP contribution in [-0.4, -0.2) is 41.2 Å². The minimum absolute atomic E-state index is 0.0410. The first-order valence-electron chi connectivity index (χ1n) is 8.60. The summed E-state index contributed by atoms with van der Waals surface area (Å²) in [5.74, 6) is -1.63. The van der Waals surface area contributed by atoms with E-state index in [9.17, 15) is 14.4 Å². The zero-order valence-electron chi connectivity index (χ0n) is 15.4. The molecular formula is C18H22BNO6. The molecule has 2 aliphatic heterocycles. The predicted molar refractivity (Wildman–Crippen MR) is 93.0 cm³/mol. The van der Waals surface area contributed by atoms with E-state index in [1.807, 2.05) is 39.8 Å². The van der Waals surface area contributed by atoms with E-state index in [0.29, 0.717) is 10.6 Å². The van der Waals surface area contributed by atoms with Gasteiger partial charge in [0.2, 0.25) is 0 Å². The Morgan fingerprint density at radius 1 is 1.04 bits per heavy atom. The first-order chi connectivity index (χ1) is 12.1. The molecule has 1 aromatic carbocycles. The van der Waals surface area contributed by atoms with Crippen molar-refractivity contribution in [1.82, 2.24) is 5.06 Å². The van der Waals surface area contributed by atoms with Crippen molar-refractivity contribution < 1.29 is 28.5 Å². The van der Waals surface area contributed by atoms with E-state index in [-0.39, 0.29) is 19.3 Å². The van der Waals surface area contributed by atoms with Gasteiger partial charge in [-0.05, 0) is 38.7 Å². The summed E-state index contributed by atoms with van der Waals surface area (Å²) in [7, 11) is -0.471. The molecule has 26 heavy (non-hydrogen) atoms. The average Bonchev–Trinajstić information content (AvgIpc) is 2.97. The van der Waals surface area contributed by atoms with Gasteiger partial charge in [-0.1, -0.05) is 24.3 Å². The van der Waals surface area contributed by atoms with Crippen LogP contribution in [0.5, 0.6) is 0 Å². The average molecular weight is 359 g/mol. The first kappa shape index (κ1) is 18.6. The molecule has 7 nitrogen and oxygen atoms in total. The molecule has 2 amide bonds. The van der Waals surface area contributed by atoms with Gasteiger partial charge < -0.3 is 14.1 Å². The summed E-state index contributed by atoms with van der Waals surface area (Å²) in [5, 5.41) is 0.557. The van der Waals surface area contributed by atoms with Crippen LogP contribution in [0.3, 0.4) is 0 Å². The maximum Gasteiger partial charge on any atom is 0.494 e. The van der Waals surface area contributed by atoms with Crippen LogP contribution < -0.4 is 5.46 Å². The summed E-state index contributed by atoms with van der Waals surface area (Å²) in [6, 6.07) is 7.21. The number of hydroxylamine groups is 2. The lowest BCUT2D eigenvalue weighted by atomic mass is 9.79. The fraction of sp³-hybridized carbons (Fsp3) is 0.500. The second kappa shape index (κ2) is 6.52. The molecule has 0 radical (unpaired) electrons. The molecule has 0 bridgehead atoms. The van der Waals surface area contributed by atoms with Gasteiger partial charge in [0.05, 0.1) is 17.6 Å². The summed E-state index contributed by atoms with van der Waals surface area (Å²) >= 11 is 0. The molecule has 138 valence electrons. The van der Waals surface area contributed by atoms with E-state index in [4.69, 9.17) is 14.1 Å². The number of hydrogen-bond donors (Lipinski definition) is 0. The highest BCUT2D eigenvalue weighted by Gasteiger charge is 2.51. The summed E-state index contributed by atoms with van der Waals surface area (Å²) in [5.41, 5.74) is 0.712. The Labute approximate surface area is 152 Å². The Bertz CT molecular complexity index is 711. The van der Waals surface area contributed by atoms with Crippen LogP contribution in [0.15, 0.2) is 24.3 Å². The van der Waals surface area contributed by atoms with Gasteiger partial charge in [0.25, 0.3) is 11.8 Å². The van der Waals surface area contributed by atoms with Gasteiger partial charge in [0, 0.05) is 12.8 Å². The summed E-state index contributed by atoms with van der Waals surface area (Å²) in [6.07, 6.45) is 0.116. The number of benzene rings is 1. The van der Waals surface area contributed by atoms with E-state index >= 15 is 0 Å². The number of rotatable bonds is 4. The lowest BCUT2D eigenvalue weighted by Crippen LogP contribution is -2.41. The van der Waals surface area contributed by atoms with Crippen LogP contribution >= 0.6 is 0 Å². The smallest absolute Gasteiger partial charge is 0.399 e. The Kier molecular flexibility index (Phi) is 4.66. The molecule has 0 aliphatic carbocycles. The minimum Gasteiger partial charge on any atom is -0.399 e. The van der Waals surface area contributed by atoms with E-state index in [1.165, 1.54) is 0 Å². The highest BCUT2D eigenvalue weighted by molar-refractivity contribution is 6.62. The summed E-state index contributed by atoms with van der Waals surface area (Å²) in [4.78, 5) is 39.8. The Morgan fingerprint density at radius 3 is 2.04 bits per heavy atom. The van der Waals surface area contributed by atoms with Crippen molar-refractivity contribution in [3.8, 4) is 0 Å². The van der Waals surface area contributed by atoms with Crippen molar-refractivity contribution in [3.05, 3.63) is 29.8 Å². The van der Waals surface area contributed by atoms with Crippen molar-refractivity contribution in [2.24, 2.45) is 0 Å². The molecule has 0 N–H and O–H groups in total. The maximum absolute atomic E-state index is 12.0. The summed E-state index contributed by atoms with van der Waals surface area (Å²) < 4.78 is 12.0. The quantitative estimate of drug-likeness (QED) is 0.592. The Morgan fingerprint density at radius 2 is 1.54 bits per heavy atom. The highest BCUT2D eigenvalue weighted by Crippen LogP contribution is 2.36. The van der Waals surface area contributed by atoms with Gasteiger partial charge in [-0.15, -0.1) is 5.06 Å². The normalized spacial score (nSPS) is 21.4. The van der Waals surface area contributed by atoms with Gasteiger partial charge in [0.15, 0.2) is 0 Å². The largest absolute Gasteiger partial charge is 0.494 e. The fourth-order valence-electron chi connectivity index (χ4n) is 2.73. The van der Waals surface area contributed by atoms with Gasteiger partial charge in [-0.3, -0.25) is 9.59 Å². The molecule has 0 unspecified atom stereocenters. The topological polar surface area (TPSA) is 82.1 Å². The number of imide groups is 1. The van der Waals surface area contributed by atoms with Crippen LogP contribution in [0.4, 0.5) is 0 Å². The Balaban J connectivity index is 1.61. The third kappa shape index (κ3) is 3.52. The number of amides is 2. The van der Waals surface area contributed by atoms with E-state index in [2.05, 4.69) is 0 Å². The monoisotopic (exact) mass is 359 g/mol. The van der Waals surface area contributed by atoms with Gasteiger partial charge in [-0.2, -0.15) is 0 Å². The van der Waals surface area contributed by atoms with Crippen LogP contribution in [0.2, 0.25) is 0 Å².